The van der Waals surface area contributed by atoms with Crippen molar-refractivity contribution >= 4 is 23.2 Å². The molecule has 3 aromatic rings. The maximum Gasteiger partial charge on any atom is 0.260 e. The van der Waals surface area contributed by atoms with Crippen molar-refractivity contribution in [3.63, 3.8) is 0 Å². The maximum absolute atomic E-state index is 12.9. The summed E-state index contributed by atoms with van der Waals surface area (Å²) in [6, 6.07) is 7.93. The van der Waals surface area contributed by atoms with E-state index in [0.717, 1.165) is 61.0 Å². The first kappa shape index (κ1) is 23.1. The van der Waals surface area contributed by atoms with Gasteiger partial charge in [0.25, 0.3) is 5.56 Å². The zero-order valence-electron chi connectivity index (χ0n) is 18.1. The van der Waals surface area contributed by atoms with Crippen molar-refractivity contribution in [3.8, 4) is 22.6 Å². The molecule has 1 saturated heterocycles. The van der Waals surface area contributed by atoms with Crippen LogP contribution in [-0.4, -0.2) is 35.9 Å². The molecule has 3 heterocycles. The molecular weight excluding hydrogens is 414 g/mol. The van der Waals surface area contributed by atoms with Gasteiger partial charge in [-0.15, -0.1) is 12.4 Å². The first-order valence-electron chi connectivity index (χ1n) is 10.7. The predicted molar refractivity (Wildman–Crippen MR) is 127 cm³/mol. The Morgan fingerprint density at radius 2 is 1.97 bits per heavy atom. The molecule has 1 N–H and O–H groups in total. The number of pyridine rings is 2. The Hall–Kier alpha value is -2.57. The molecule has 31 heavy (non-hydrogen) atoms. The third kappa shape index (κ3) is 5.02. The number of nitrogens with one attached hydrogen (secondary N) is 1. The van der Waals surface area contributed by atoms with Crippen LogP contribution in [0.15, 0.2) is 47.7 Å². The van der Waals surface area contributed by atoms with E-state index in [-0.39, 0.29) is 24.1 Å². The number of ether oxygens (including phenoxy) is 2. The van der Waals surface area contributed by atoms with Gasteiger partial charge in [-0.3, -0.25) is 9.78 Å². The fourth-order valence-electron chi connectivity index (χ4n) is 3.99. The number of hydrogen-bond acceptors (Lipinski definition) is 5. The first-order valence-corrected chi connectivity index (χ1v) is 10.7. The second kappa shape index (κ2) is 10.6. The van der Waals surface area contributed by atoms with Crippen LogP contribution < -0.4 is 20.3 Å². The van der Waals surface area contributed by atoms with E-state index in [1.54, 1.807) is 24.1 Å². The molecule has 166 valence electrons. The molecule has 1 aromatic carbocycles. The summed E-state index contributed by atoms with van der Waals surface area (Å²) in [4.78, 5) is 17.1. The van der Waals surface area contributed by atoms with E-state index in [9.17, 15) is 4.79 Å². The van der Waals surface area contributed by atoms with Gasteiger partial charge in [0, 0.05) is 30.7 Å². The molecule has 4 rings (SSSR count). The van der Waals surface area contributed by atoms with Crippen molar-refractivity contribution in [2.75, 3.05) is 20.2 Å². The molecule has 0 saturated carbocycles. The van der Waals surface area contributed by atoms with Crippen molar-refractivity contribution in [2.45, 2.75) is 45.3 Å². The molecule has 2 aromatic heterocycles. The van der Waals surface area contributed by atoms with Crippen LogP contribution in [0.4, 0.5) is 0 Å². The molecule has 1 aliphatic rings. The van der Waals surface area contributed by atoms with E-state index >= 15 is 0 Å². The van der Waals surface area contributed by atoms with Crippen molar-refractivity contribution in [1.29, 1.82) is 0 Å². The average Bonchev–Trinajstić information content (AvgIpc) is 2.80. The Labute approximate surface area is 189 Å². The first-order chi connectivity index (χ1) is 14.7. The Balaban J connectivity index is 0.00000272. The number of aryl methyl sites for hydroxylation is 1. The standard InChI is InChI=1S/C24H29N3O3.ClH/c1-3-4-13-27-16-21(19-9-12-26-15-20(19)24(27)28)17-5-6-22(23(14-17)29-2)30-18-7-10-25-11-8-18;/h5-6,9,12,14-16,18,25H,3-4,7-8,10-11,13H2,1-2H3;1H. The summed E-state index contributed by atoms with van der Waals surface area (Å²) < 4.78 is 13.7. The summed E-state index contributed by atoms with van der Waals surface area (Å²) in [5.41, 5.74) is 1.99. The van der Waals surface area contributed by atoms with Gasteiger partial charge in [0.2, 0.25) is 0 Å². The molecule has 0 spiro atoms. The minimum absolute atomic E-state index is 0. The van der Waals surface area contributed by atoms with Crippen LogP contribution in [0.2, 0.25) is 0 Å². The number of piperidine rings is 1. The van der Waals surface area contributed by atoms with Gasteiger partial charge in [0.1, 0.15) is 6.10 Å². The van der Waals surface area contributed by atoms with E-state index in [2.05, 4.69) is 17.2 Å². The van der Waals surface area contributed by atoms with E-state index in [1.165, 1.54) is 0 Å². The predicted octanol–water partition coefficient (Wildman–Crippen LogP) is 4.42. The van der Waals surface area contributed by atoms with Crippen molar-refractivity contribution in [3.05, 3.63) is 53.2 Å². The van der Waals surface area contributed by atoms with E-state index in [1.807, 2.05) is 30.5 Å². The number of aromatic nitrogens is 2. The summed E-state index contributed by atoms with van der Waals surface area (Å²) in [7, 11) is 1.67. The minimum Gasteiger partial charge on any atom is -0.493 e. The zero-order chi connectivity index (χ0) is 20.9. The molecule has 0 aliphatic carbocycles. The van der Waals surface area contributed by atoms with Gasteiger partial charge in [-0.05, 0) is 61.5 Å². The number of benzene rings is 1. The van der Waals surface area contributed by atoms with E-state index in [4.69, 9.17) is 9.47 Å². The van der Waals surface area contributed by atoms with E-state index in [0.29, 0.717) is 17.7 Å². The molecule has 7 heteroatoms. The fraction of sp³-hybridized carbons (Fsp3) is 0.417. The van der Waals surface area contributed by atoms with Crippen molar-refractivity contribution < 1.29 is 9.47 Å². The highest BCUT2D eigenvalue weighted by Gasteiger charge is 2.18. The van der Waals surface area contributed by atoms with Crippen LogP contribution >= 0.6 is 12.4 Å². The lowest BCUT2D eigenvalue weighted by Gasteiger charge is -2.25. The monoisotopic (exact) mass is 443 g/mol. The van der Waals surface area contributed by atoms with Gasteiger partial charge in [-0.25, -0.2) is 0 Å². The number of rotatable bonds is 7. The van der Waals surface area contributed by atoms with Crippen LogP contribution in [0, 0.1) is 0 Å². The quantitative estimate of drug-likeness (QED) is 0.585. The van der Waals surface area contributed by atoms with Gasteiger partial charge >= 0.3 is 0 Å². The highest BCUT2D eigenvalue weighted by Crippen LogP contribution is 2.35. The summed E-state index contributed by atoms with van der Waals surface area (Å²) in [5, 5.41) is 4.90. The van der Waals surface area contributed by atoms with Crippen LogP contribution in [-0.2, 0) is 6.54 Å². The number of nitrogens with zero attached hydrogens (tertiary/aromatic N) is 2. The smallest absolute Gasteiger partial charge is 0.260 e. The van der Waals surface area contributed by atoms with Crippen molar-refractivity contribution in [1.82, 2.24) is 14.9 Å². The highest BCUT2D eigenvalue weighted by atomic mass is 35.5. The van der Waals surface area contributed by atoms with Gasteiger partial charge in [-0.2, -0.15) is 0 Å². The minimum atomic E-state index is 0. The molecule has 6 nitrogen and oxygen atoms in total. The summed E-state index contributed by atoms with van der Waals surface area (Å²) >= 11 is 0. The van der Waals surface area contributed by atoms with Gasteiger partial charge in [0.15, 0.2) is 11.5 Å². The molecule has 1 fully saturated rings. The highest BCUT2D eigenvalue weighted by molar-refractivity contribution is 5.95. The van der Waals surface area contributed by atoms with Gasteiger partial charge < -0.3 is 19.4 Å². The third-order valence-electron chi connectivity index (χ3n) is 5.69. The normalized spacial score (nSPS) is 14.3. The summed E-state index contributed by atoms with van der Waals surface area (Å²) in [6.45, 7) is 4.77. The summed E-state index contributed by atoms with van der Waals surface area (Å²) in [6.07, 6.45) is 9.52. The van der Waals surface area contributed by atoms with E-state index < -0.39 is 0 Å². The van der Waals surface area contributed by atoms with Gasteiger partial charge in [-0.1, -0.05) is 19.4 Å². The lowest BCUT2D eigenvalue weighted by atomic mass is 10.0. The second-order valence-corrected chi connectivity index (χ2v) is 7.75. The Morgan fingerprint density at radius 1 is 1.16 bits per heavy atom. The number of methoxy groups -OCH3 is 1. The fourth-order valence-corrected chi connectivity index (χ4v) is 3.99. The maximum atomic E-state index is 12.9. The zero-order valence-corrected chi connectivity index (χ0v) is 18.9. The summed E-state index contributed by atoms with van der Waals surface area (Å²) in [5.74, 6) is 1.47. The number of unbranched alkanes of at least 4 members (excludes halogenated alkanes) is 1. The average molecular weight is 444 g/mol. The molecule has 1 aliphatic heterocycles. The lowest BCUT2D eigenvalue weighted by molar-refractivity contribution is 0.157. The van der Waals surface area contributed by atoms with Crippen molar-refractivity contribution in [2.24, 2.45) is 0 Å². The molecule has 0 unspecified atom stereocenters. The Kier molecular flexibility index (Phi) is 7.93. The van der Waals surface area contributed by atoms with Crippen LogP contribution in [0.3, 0.4) is 0 Å². The van der Waals surface area contributed by atoms with Crippen LogP contribution in [0.5, 0.6) is 11.5 Å². The SMILES string of the molecule is CCCCn1cc(-c2ccc(OC3CCNCC3)c(OC)c2)c2ccncc2c1=O.Cl. The molecule has 0 atom stereocenters. The Bertz CT molecular complexity index is 1080. The number of hydrogen-bond donors (Lipinski definition) is 1. The van der Waals surface area contributed by atoms with Crippen LogP contribution in [0.25, 0.3) is 21.9 Å². The topological polar surface area (TPSA) is 65.4 Å². The second-order valence-electron chi connectivity index (χ2n) is 7.75. The number of fused-ring (bicyclic) bond motifs is 1. The third-order valence-corrected chi connectivity index (χ3v) is 5.69. The molecule has 0 amide bonds. The van der Waals surface area contributed by atoms with Gasteiger partial charge in [0.05, 0.1) is 12.5 Å². The number of halogens is 1. The van der Waals surface area contributed by atoms with Crippen LogP contribution in [0.1, 0.15) is 32.6 Å². The largest absolute Gasteiger partial charge is 0.493 e. The molecular formula is C24H30ClN3O3. The Morgan fingerprint density at radius 3 is 2.71 bits per heavy atom. The molecule has 0 radical (unpaired) electrons. The lowest BCUT2D eigenvalue weighted by Crippen LogP contribution is -2.34. The molecule has 0 bridgehead atoms.